The average Bonchev–Trinajstić information content (AvgIpc) is 2.90. The van der Waals surface area contributed by atoms with E-state index in [4.69, 9.17) is 5.11 Å². The Morgan fingerprint density at radius 1 is 1.44 bits per heavy atom. The van der Waals surface area contributed by atoms with E-state index in [9.17, 15) is 18.0 Å². The van der Waals surface area contributed by atoms with E-state index >= 15 is 0 Å². The van der Waals surface area contributed by atoms with Crippen molar-refractivity contribution in [3.05, 3.63) is 20.2 Å². The van der Waals surface area contributed by atoms with Crippen LogP contribution in [0.2, 0.25) is 0 Å². The number of alkyl halides is 3. The predicted octanol–water partition coefficient (Wildman–Crippen LogP) is 1.83. The number of hydrogen-bond acceptors (Lipinski definition) is 3. The molecule has 0 spiro atoms. The number of hydrogen-bond donors (Lipinski definition) is 1. The summed E-state index contributed by atoms with van der Waals surface area (Å²) in [6.45, 7) is -0.628. The summed E-state index contributed by atoms with van der Waals surface area (Å²) in [5, 5.41) is 8.83. The highest BCUT2D eigenvalue weighted by molar-refractivity contribution is 7.09. The van der Waals surface area contributed by atoms with Crippen molar-refractivity contribution >= 4 is 11.3 Å². The second-order valence-corrected chi connectivity index (χ2v) is 4.90. The van der Waals surface area contributed by atoms with Gasteiger partial charge in [-0.15, -0.1) is 0 Å². The normalized spacial score (nSPS) is 16.8. The molecule has 1 N–H and O–H groups in total. The van der Waals surface area contributed by atoms with E-state index in [2.05, 4.69) is 0 Å². The molecule has 1 heterocycles. The van der Waals surface area contributed by atoms with Crippen LogP contribution < -0.4 is 4.87 Å². The molecule has 1 saturated carbocycles. The number of aliphatic hydroxyl groups excluding tert-OH is 1. The van der Waals surface area contributed by atoms with Gasteiger partial charge in [-0.1, -0.05) is 11.3 Å². The van der Waals surface area contributed by atoms with Crippen LogP contribution in [0.4, 0.5) is 13.2 Å². The largest absolute Gasteiger partial charge is 0.432 e. The van der Waals surface area contributed by atoms with Gasteiger partial charge < -0.3 is 5.11 Å². The van der Waals surface area contributed by atoms with Crippen molar-refractivity contribution in [1.29, 1.82) is 0 Å². The Balaban J connectivity index is 2.47. The fourth-order valence-electron chi connectivity index (χ4n) is 1.59. The van der Waals surface area contributed by atoms with Crippen LogP contribution in [0.5, 0.6) is 0 Å². The van der Waals surface area contributed by atoms with Crippen molar-refractivity contribution < 1.29 is 18.3 Å². The summed E-state index contributed by atoms with van der Waals surface area (Å²) in [4.78, 5) is 10.5. The van der Waals surface area contributed by atoms with Crippen molar-refractivity contribution in [2.45, 2.75) is 32.2 Å². The van der Waals surface area contributed by atoms with Crippen LogP contribution in [-0.4, -0.2) is 9.67 Å². The molecular formula is C9H10F3NO2S. The standard InChI is InChI=1S/C9H10F3NO2S/c10-9(11,12)7-6(4-14)16-8(15)13(7)3-5-1-2-5/h5,14H,1-4H2. The minimum absolute atomic E-state index is 0.115. The lowest BCUT2D eigenvalue weighted by molar-refractivity contribution is -0.144. The molecule has 0 aromatic carbocycles. The third-order valence-corrected chi connectivity index (χ3v) is 3.48. The lowest BCUT2D eigenvalue weighted by atomic mass is 10.3. The van der Waals surface area contributed by atoms with Crippen LogP contribution in [-0.2, 0) is 19.3 Å². The van der Waals surface area contributed by atoms with Crippen LogP contribution in [0.15, 0.2) is 4.79 Å². The summed E-state index contributed by atoms with van der Waals surface area (Å²) in [5.41, 5.74) is -0.975. The van der Waals surface area contributed by atoms with Crippen LogP contribution in [0.1, 0.15) is 23.4 Å². The molecule has 2 rings (SSSR count). The van der Waals surface area contributed by atoms with Crippen molar-refractivity contribution in [2.24, 2.45) is 5.92 Å². The van der Waals surface area contributed by atoms with Gasteiger partial charge in [0.2, 0.25) is 0 Å². The summed E-state index contributed by atoms with van der Waals surface area (Å²) >= 11 is 0.475. The molecular weight excluding hydrogens is 243 g/mol. The van der Waals surface area contributed by atoms with Gasteiger partial charge in [0.15, 0.2) is 0 Å². The lowest BCUT2D eigenvalue weighted by Crippen LogP contribution is -2.23. The zero-order valence-corrected chi connectivity index (χ0v) is 9.07. The first kappa shape index (κ1) is 11.7. The Labute approximate surface area is 93.1 Å². The van der Waals surface area contributed by atoms with Crippen LogP contribution in [0.25, 0.3) is 0 Å². The number of aliphatic hydroxyl groups is 1. The summed E-state index contributed by atoms with van der Waals surface area (Å²) < 4.78 is 38.9. The zero-order chi connectivity index (χ0) is 11.9. The maximum Gasteiger partial charge on any atom is 0.432 e. The van der Waals surface area contributed by atoms with Crippen molar-refractivity contribution in [3.8, 4) is 0 Å². The highest BCUT2D eigenvalue weighted by Gasteiger charge is 2.40. The van der Waals surface area contributed by atoms with Gasteiger partial charge in [-0.05, 0) is 18.8 Å². The quantitative estimate of drug-likeness (QED) is 0.893. The Kier molecular flexibility index (Phi) is 2.83. The number of rotatable bonds is 3. The average molecular weight is 253 g/mol. The lowest BCUT2D eigenvalue weighted by Gasteiger charge is -2.11. The van der Waals surface area contributed by atoms with Gasteiger partial charge in [0.1, 0.15) is 5.69 Å². The van der Waals surface area contributed by atoms with E-state index in [0.717, 1.165) is 17.4 Å². The topological polar surface area (TPSA) is 42.2 Å². The summed E-state index contributed by atoms with van der Waals surface area (Å²) in [5.74, 6) is 0.181. The molecule has 7 heteroatoms. The second-order valence-electron chi connectivity index (χ2n) is 3.85. The van der Waals surface area contributed by atoms with Crippen LogP contribution in [0.3, 0.4) is 0 Å². The number of thiazole rings is 1. The molecule has 1 aliphatic carbocycles. The van der Waals surface area contributed by atoms with Gasteiger partial charge in [0.25, 0.3) is 0 Å². The Morgan fingerprint density at radius 2 is 2.06 bits per heavy atom. The first-order valence-electron chi connectivity index (χ1n) is 4.84. The fourth-order valence-corrected chi connectivity index (χ4v) is 2.47. The molecule has 1 fully saturated rings. The van der Waals surface area contributed by atoms with Crippen molar-refractivity contribution in [1.82, 2.24) is 4.57 Å². The van der Waals surface area contributed by atoms with Gasteiger partial charge in [-0.2, -0.15) is 13.2 Å². The molecule has 0 aliphatic heterocycles. The smallest absolute Gasteiger partial charge is 0.391 e. The van der Waals surface area contributed by atoms with E-state index in [0.29, 0.717) is 11.3 Å². The Morgan fingerprint density at radius 3 is 2.50 bits per heavy atom. The van der Waals surface area contributed by atoms with Crippen LogP contribution in [0, 0.1) is 5.92 Å². The fraction of sp³-hybridized carbons (Fsp3) is 0.667. The van der Waals surface area contributed by atoms with Gasteiger partial charge in [0, 0.05) is 6.54 Å². The van der Waals surface area contributed by atoms with Crippen molar-refractivity contribution in [2.75, 3.05) is 0 Å². The molecule has 3 nitrogen and oxygen atoms in total. The minimum Gasteiger partial charge on any atom is -0.391 e. The summed E-state index contributed by atoms with van der Waals surface area (Å²) in [6.07, 6.45) is -2.84. The van der Waals surface area contributed by atoms with E-state index in [-0.39, 0.29) is 17.3 Å². The number of aromatic nitrogens is 1. The van der Waals surface area contributed by atoms with Crippen LogP contribution >= 0.6 is 11.3 Å². The molecule has 1 aromatic rings. The minimum atomic E-state index is -4.58. The third kappa shape index (κ3) is 2.15. The van der Waals surface area contributed by atoms with Gasteiger partial charge in [-0.25, -0.2) is 0 Å². The molecule has 0 unspecified atom stereocenters. The molecule has 0 atom stereocenters. The first-order valence-corrected chi connectivity index (χ1v) is 5.65. The van der Waals surface area contributed by atoms with E-state index in [1.165, 1.54) is 0 Å². The molecule has 0 amide bonds. The number of halogens is 3. The molecule has 1 aliphatic rings. The number of nitrogens with zero attached hydrogens (tertiary/aromatic N) is 1. The van der Waals surface area contributed by atoms with Gasteiger partial charge >= 0.3 is 11.0 Å². The Hall–Kier alpha value is -0.820. The summed E-state index contributed by atoms with van der Waals surface area (Å²) in [7, 11) is 0. The first-order chi connectivity index (χ1) is 7.43. The highest BCUT2D eigenvalue weighted by atomic mass is 32.1. The maximum atomic E-state index is 12.7. The van der Waals surface area contributed by atoms with E-state index in [1.54, 1.807) is 0 Å². The van der Waals surface area contributed by atoms with Gasteiger partial charge in [0.05, 0.1) is 11.5 Å². The predicted molar refractivity (Wildman–Crippen MR) is 52.2 cm³/mol. The Bertz CT molecular complexity index is 445. The SMILES string of the molecule is O=c1sc(CO)c(C(F)(F)F)n1CC1CC1. The summed E-state index contributed by atoms with van der Waals surface area (Å²) in [6, 6.07) is 0. The monoisotopic (exact) mass is 253 g/mol. The molecule has 16 heavy (non-hydrogen) atoms. The third-order valence-electron chi connectivity index (χ3n) is 2.51. The molecule has 1 aromatic heterocycles. The molecule has 90 valence electrons. The van der Waals surface area contributed by atoms with Gasteiger partial charge in [-0.3, -0.25) is 9.36 Å². The molecule has 0 saturated heterocycles. The molecule has 0 bridgehead atoms. The van der Waals surface area contributed by atoms with E-state index < -0.39 is 23.4 Å². The van der Waals surface area contributed by atoms with Crippen molar-refractivity contribution in [3.63, 3.8) is 0 Å². The zero-order valence-electron chi connectivity index (χ0n) is 8.25. The molecule has 0 radical (unpaired) electrons. The highest BCUT2D eigenvalue weighted by Crippen LogP contribution is 2.36. The second kappa shape index (κ2) is 3.89. The maximum absolute atomic E-state index is 12.7. The van der Waals surface area contributed by atoms with E-state index in [1.807, 2.05) is 0 Å².